The third-order valence-electron chi connectivity index (χ3n) is 4.29. The van der Waals surface area contributed by atoms with Crippen LogP contribution in [-0.2, 0) is 9.53 Å². The van der Waals surface area contributed by atoms with Gasteiger partial charge >= 0.3 is 5.97 Å². The van der Waals surface area contributed by atoms with Crippen LogP contribution in [0.25, 0.3) is 0 Å². The number of rotatable bonds is 2. The van der Waals surface area contributed by atoms with Crippen molar-refractivity contribution >= 4 is 23.4 Å². The number of aromatic nitrogens is 2. The van der Waals surface area contributed by atoms with Gasteiger partial charge in [0, 0.05) is 13.1 Å². The molecule has 0 aromatic carbocycles. The molecule has 1 atom stereocenters. The quantitative estimate of drug-likeness (QED) is 0.755. The smallest absolute Gasteiger partial charge is 0.309 e. The molecule has 0 bridgehead atoms. The van der Waals surface area contributed by atoms with E-state index >= 15 is 0 Å². The molecule has 1 aromatic rings. The molecule has 0 radical (unpaired) electrons. The zero-order valence-electron chi connectivity index (χ0n) is 10.7. The van der Waals surface area contributed by atoms with E-state index in [4.69, 9.17) is 4.74 Å². The Balaban J connectivity index is 1.59. The number of hydrogen-bond acceptors (Lipinski definition) is 6. The molecule has 1 aliphatic carbocycles. The first kappa shape index (κ1) is 12.5. The molecule has 2 heterocycles. The van der Waals surface area contributed by atoms with E-state index in [-0.39, 0.29) is 23.2 Å². The number of piperidine rings is 1. The van der Waals surface area contributed by atoms with Crippen LogP contribution in [0.4, 0.5) is 0 Å². The lowest BCUT2D eigenvalue weighted by atomic mass is 9.91. The molecule has 1 unspecified atom stereocenters. The average Bonchev–Trinajstić information content (AvgIpc) is 2.91. The van der Waals surface area contributed by atoms with Gasteiger partial charge in [0.2, 0.25) is 0 Å². The van der Waals surface area contributed by atoms with Crippen molar-refractivity contribution in [2.45, 2.75) is 19.3 Å². The largest absolute Gasteiger partial charge is 0.469 e. The van der Waals surface area contributed by atoms with Gasteiger partial charge in [0.05, 0.1) is 19.2 Å². The highest BCUT2D eigenvalue weighted by Crippen LogP contribution is 2.59. The molecule has 0 N–H and O–H groups in total. The van der Waals surface area contributed by atoms with Crippen LogP contribution in [0.3, 0.4) is 0 Å². The minimum atomic E-state index is -0.105. The molecule has 19 heavy (non-hydrogen) atoms. The summed E-state index contributed by atoms with van der Waals surface area (Å²) in [6, 6.07) is 0. The number of likely N-dealkylation sites (tertiary alicyclic amines) is 1. The fourth-order valence-corrected chi connectivity index (χ4v) is 3.43. The fraction of sp³-hybridized carbons (Fsp3) is 0.667. The molecular formula is C12H15N3O3S. The number of nitrogens with zero attached hydrogens (tertiary/aromatic N) is 3. The summed E-state index contributed by atoms with van der Waals surface area (Å²) in [6.07, 6.45) is 4.17. The SMILES string of the molecule is COC(=O)C1CC12CCN(C(=O)c1cnns1)CC2. The van der Waals surface area contributed by atoms with E-state index in [1.54, 1.807) is 0 Å². The molecule has 7 heteroatoms. The molecule has 2 fully saturated rings. The van der Waals surface area contributed by atoms with E-state index < -0.39 is 0 Å². The number of amides is 1. The van der Waals surface area contributed by atoms with Gasteiger partial charge in [-0.2, -0.15) is 0 Å². The van der Waals surface area contributed by atoms with Crippen molar-refractivity contribution in [1.82, 2.24) is 14.5 Å². The van der Waals surface area contributed by atoms with E-state index in [2.05, 4.69) is 9.59 Å². The third-order valence-corrected chi connectivity index (χ3v) is 4.95. The zero-order chi connectivity index (χ0) is 13.5. The molecule has 1 saturated carbocycles. The van der Waals surface area contributed by atoms with Crippen LogP contribution in [0, 0.1) is 11.3 Å². The Morgan fingerprint density at radius 1 is 1.47 bits per heavy atom. The predicted octanol–water partition coefficient (Wildman–Crippen LogP) is 0.953. The number of hydrogen-bond donors (Lipinski definition) is 0. The molecule has 1 aromatic heterocycles. The van der Waals surface area contributed by atoms with Gasteiger partial charge in [0.15, 0.2) is 0 Å². The molecule has 1 aliphatic heterocycles. The zero-order valence-corrected chi connectivity index (χ0v) is 11.5. The molecule has 3 rings (SSSR count). The molecule has 102 valence electrons. The van der Waals surface area contributed by atoms with Crippen molar-refractivity contribution in [2.24, 2.45) is 11.3 Å². The maximum Gasteiger partial charge on any atom is 0.309 e. The second-order valence-corrected chi connectivity index (χ2v) is 6.00. The highest BCUT2D eigenvalue weighted by atomic mass is 32.1. The van der Waals surface area contributed by atoms with E-state index in [0.717, 1.165) is 30.8 Å². The molecule has 2 aliphatic rings. The normalized spacial score (nSPS) is 24.3. The lowest BCUT2D eigenvalue weighted by molar-refractivity contribution is -0.143. The summed E-state index contributed by atoms with van der Waals surface area (Å²) in [7, 11) is 1.43. The summed E-state index contributed by atoms with van der Waals surface area (Å²) in [5.74, 6) is -0.0635. The summed E-state index contributed by atoms with van der Waals surface area (Å²) >= 11 is 1.12. The molecule has 1 saturated heterocycles. The van der Waals surface area contributed by atoms with Crippen molar-refractivity contribution in [3.05, 3.63) is 11.1 Å². The van der Waals surface area contributed by atoms with Gasteiger partial charge in [-0.1, -0.05) is 4.49 Å². The van der Waals surface area contributed by atoms with Crippen LogP contribution in [0.5, 0.6) is 0 Å². The second kappa shape index (κ2) is 4.56. The summed E-state index contributed by atoms with van der Waals surface area (Å²) in [4.78, 5) is 26.1. The van der Waals surface area contributed by atoms with E-state index in [0.29, 0.717) is 18.0 Å². The molecule has 6 nitrogen and oxygen atoms in total. The highest BCUT2D eigenvalue weighted by Gasteiger charge is 2.59. The first-order chi connectivity index (χ1) is 9.16. The lowest BCUT2D eigenvalue weighted by Crippen LogP contribution is -2.39. The second-order valence-electron chi connectivity index (χ2n) is 5.22. The first-order valence-corrected chi connectivity index (χ1v) is 7.08. The van der Waals surface area contributed by atoms with Crippen molar-refractivity contribution < 1.29 is 14.3 Å². The number of methoxy groups -OCH3 is 1. The number of carbonyl (C=O) groups excluding carboxylic acids is 2. The summed E-state index contributed by atoms with van der Waals surface area (Å²) in [5.41, 5.74) is 0.0931. The van der Waals surface area contributed by atoms with Crippen LogP contribution in [0.1, 0.15) is 28.9 Å². The van der Waals surface area contributed by atoms with Crippen LogP contribution < -0.4 is 0 Å². The maximum absolute atomic E-state index is 12.1. The third kappa shape index (κ3) is 2.11. The fourth-order valence-electron chi connectivity index (χ4n) is 2.95. The Bertz CT molecular complexity index is 494. The first-order valence-electron chi connectivity index (χ1n) is 6.31. The van der Waals surface area contributed by atoms with Crippen molar-refractivity contribution in [3.8, 4) is 0 Å². The van der Waals surface area contributed by atoms with Crippen molar-refractivity contribution in [2.75, 3.05) is 20.2 Å². The minimum absolute atomic E-state index is 0.000109. The van der Waals surface area contributed by atoms with Gasteiger partial charge in [-0.3, -0.25) is 9.59 Å². The molecule has 1 amide bonds. The topological polar surface area (TPSA) is 72.4 Å². The number of esters is 1. The monoisotopic (exact) mass is 281 g/mol. The van der Waals surface area contributed by atoms with Crippen LogP contribution in [-0.4, -0.2) is 46.6 Å². The summed E-state index contributed by atoms with van der Waals surface area (Å²) in [5, 5.41) is 3.69. The van der Waals surface area contributed by atoms with Gasteiger partial charge in [0.1, 0.15) is 4.88 Å². The Morgan fingerprint density at radius 2 is 2.21 bits per heavy atom. The maximum atomic E-state index is 12.1. The van der Waals surface area contributed by atoms with Gasteiger partial charge < -0.3 is 9.64 Å². The standard InChI is InChI=1S/C12H15N3O3S/c1-18-11(17)8-6-12(8)2-4-15(5-3-12)10(16)9-7-13-14-19-9/h7-8H,2-6H2,1H3. The Hall–Kier alpha value is -1.50. The van der Waals surface area contributed by atoms with Gasteiger partial charge in [-0.25, -0.2) is 0 Å². The molecular weight excluding hydrogens is 266 g/mol. The van der Waals surface area contributed by atoms with Crippen LogP contribution in [0.15, 0.2) is 6.20 Å². The Morgan fingerprint density at radius 3 is 2.79 bits per heavy atom. The van der Waals surface area contributed by atoms with Crippen LogP contribution in [0.2, 0.25) is 0 Å². The van der Waals surface area contributed by atoms with E-state index in [9.17, 15) is 9.59 Å². The predicted molar refractivity (Wildman–Crippen MR) is 67.6 cm³/mol. The summed E-state index contributed by atoms with van der Waals surface area (Å²) < 4.78 is 8.51. The van der Waals surface area contributed by atoms with Gasteiger partial charge in [-0.05, 0) is 36.2 Å². The van der Waals surface area contributed by atoms with E-state index in [1.165, 1.54) is 13.3 Å². The van der Waals surface area contributed by atoms with E-state index in [1.807, 2.05) is 4.90 Å². The highest BCUT2D eigenvalue weighted by molar-refractivity contribution is 7.07. The molecule has 1 spiro atoms. The Labute approximate surface area is 114 Å². The number of carbonyl (C=O) groups is 2. The van der Waals surface area contributed by atoms with Crippen molar-refractivity contribution in [1.29, 1.82) is 0 Å². The van der Waals surface area contributed by atoms with Gasteiger partial charge in [-0.15, -0.1) is 5.10 Å². The van der Waals surface area contributed by atoms with Gasteiger partial charge in [0.25, 0.3) is 5.91 Å². The average molecular weight is 281 g/mol. The minimum Gasteiger partial charge on any atom is -0.469 e. The number of ether oxygens (including phenoxy) is 1. The summed E-state index contributed by atoms with van der Waals surface area (Å²) in [6.45, 7) is 1.40. The van der Waals surface area contributed by atoms with Crippen LogP contribution >= 0.6 is 11.5 Å². The lowest BCUT2D eigenvalue weighted by Gasteiger charge is -2.32. The van der Waals surface area contributed by atoms with Crippen molar-refractivity contribution in [3.63, 3.8) is 0 Å². The Kier molecular flexibility index (Phi) is 3.00.